The van der Waals surface area contributed by atoms with E-state index < -0.39 is 0 Å². The van der Waals surface area contributed by atoms with Crippen molar-refractivity contribution in [2.75, 3.05) is 0 Å². The molecule has 106 valence electrons. The summed E-state index contributed by atoms with van der Waals surface area (Å²) < 4.78 is 5.61. The van der Waals surface area contributed by atoms with Crippen LogP contribution in [0.1, 0.15) is 19.2 Å². The first-order valence-corrected chi connectivity index (χ1v) is 6.54. The molecule has 21 heavy (non-hydrogen) atoms. The number of hydrogen-bond donors (Lipinski definition) is 2. The average molecular weight is 282 g/mol. The summed E-state index contributed by atoms with van der Waals surface area (Å²) in [6, 6.07) is 4.15. The van der Waals surface area contributed by atoms with Gasteiger partial charge in [-0.05, 0) is 37.6 Å². The van der Waals surface area contributed by atoms with Crippen LogP contribution in [0, 0.1) is 0 Å². The molecule has 0 fully saturated rings. The lowest BCUT2D eigenvalue weighted by Crippen LogP contribution is -1.81. The Bertz CT molecular complexity index is 770. The van der Waals surface area contributed by atoms with Gasteiger partial charge in [0.2, 0.25) is 5.89 Å². The second-order valence-electron chi connectivity index (χ2n) is 4.86. The quantitative estimate of drug-likeness (QED) is 0.825. The molecule has 1 aromatic heterocycles. The van der Waals surface area contributed by atoms with Crippen LogP contribution in [-0.2, 0) is 0 Å². The SMILES string of the molecule is CC1=CC(c2nnc(-c3cc(O)ccc3O)o2)=CC=CC1. The molecule has 2 aromatic rings. The van der Waals surface area contributed by atoms with E-state index in [-0.39, 0.29) is 17.4 Å². The molecule has 1 aliphatic rings. The minimum atomic E-state index is -0.0236. The molecule has 1 heterocycles. The molecule has 2 N–H and O–H groups in total. The Morgan fingerprint density at radius 2 is 1.95 bits per heavy atom. The molecular formula is C16H14N2O3. The summed E-state index contributed by atoms with van der Waals surface area (Å²) in [6.45, 7) is 2.03. The molecule has 0 unspecified atom stereocenters. The van der Waals surface area contributed by atoms with Gasteiger partial charge in [-0.3, -0.25) is 0 Å². The predicted molar refractivity (Wildman–Crippen MR) is 78.6 cm³/mol. The van der Waals surface area contributed by atoms with Gasteiger partial charge < -0.3 is 14.6 Å². The van der Waals surface area contributed by atoms with Crippen molar-refractivity contribution in [2.24, 2.45) is 0 Å². The zero-order valence-electron chi connectivity index (χ0n) is 11.4. The fraction of sp³-hybridized carbons (Fsp3) is 0.125. The maximum absolute atomic E-state index is 9.82. The highest BCUT2D eigenvalue weighted by atomic mass is 16.4. The number of hydrogen-bond acceptors (Lipinski definition) is 5. The second kappa shape index (κ2) is 5.28. The maximum Gasteiger partial charge on any atom is 0.252 e. The summed E-state index contributed by atoms with van der Waals surface area (Å²) in [5.74, 6) is 0.539. The lowest BCUT2D eigenvalue weighted by molar-refractivity contribution is 0.458. The molecule has 0 bridgehead atoms. The van der Waals surface area contributed by atoms with Crippen molar-refractivity contribution in [1.29, 1.82) is 0 Å². The van der Waals surface area contributed by atoms with E-state index in [1.807, 2.05) is 25.2 Å². The van der Waals surface area contributed by atoms with E-state index in [2.05, 4.69) is 16.3 Å². The number of allylic oxidation sites excluding steroid dienone is 6. The Labute approximate surface area is 121 Å². The third-order valence-electron chi connectivity index (χ3n) is 3.14. The van der Waals surface area contributed by atoms with Gasteiger partial charge in [0.25, 0.3) is 5.89 Å². The van der Waals surface area contributed by atoms with E-state index in [0.717, 1.165) is 12.0 Å². The predicted octanol–water partition coefficient (Wildman–Crippen LogP) is 3.44. The third-order valence-corrected chi connectivity index (χ3v) is 3.14. The van der Waals surface area contributed by atoms with Crippen molar-refractivity contribution in [3.8, 4) is 23.0 Å². The van der Waals surface area contributed by atoms with Crippen LogP contribution in [0.25, 0.3) is 17.0 Å². The molecule has 0 aliphatic heterocycles. The lowest BCUT2D eigenvalue weighted by Gasteiger charge is -2.00. The number of phenolic OH excluding ortho intramolecular Hbond substituents is 2. The Balaban J connectivity index is 2.01. The number of aromatic nitrogens is 2. The van der Waals surface area contributed by atoms with Crippen LogP contribution in [0.3, 0.4) is 0 Å². The molecule has 5 nitrogen and oxygen atoms in total. The van der Waals surface area contributed by atoms with E-state index in [9.17, 15) is 10.2 Å². The van der Waals surface area contributed by atoms with Gasteiger partial charge >= 0.3 is 0 Å². The number of benzene rings is 1. The van der Waals surface area contributed by atoms with E-state index in [4.69, 9.17) is 4.42 Å². The monoisotopic (exact) mass is 282 g/mol. The van der Waals surface area contributed by atoms with E-state index in [1.165, 1.54) is 23.8 Å². The highest BCUT2D eigenvalue weighted by Crippen LogP contribution is 2.32. The molecule has 0 spiro atoms. The van der Waals surface area contributed by atoms with Gasteiger partial charge in [0.05, 0.1) is 5.56 Å². The minimum absolute atomic E-state index is 0.0231. The van der Waals surface area contributed by atoms with E-state index in [1.54, 1.807) is 0 Å². The largest absolute Gasteiger partial charge is 0.508 e. The third kappa shape index (κ3) is 2.72. The Hall–Kier alpha value is -2.82. The smallest absolute Gasteiger partial charge is 0.252 e. The Kier molecular flexibility index (Phi) is 3.31. The molecule has 0 radical (unpaired) electrons. The number of phenols is 2. The molecule has 0 amide bonds. The topological polar surface area (TPSA) is 79.4 Å². The molecule has 0 saturated heterocycles. The summed E-state index contributed by atoms with van der Waals surface area (Å²) in [5, 5.41) is 27.3. The van der Waals surface area contributed by atoms with Crippen LogP contribution in [0.15, 0.2) is 52.5 Å². The molecule has 5 heteroatoms. The van der Waals surface area contributed by atoms with Gasteiger partial charge in [0.15, 0.2) is 0 Å². The minimum Gasteiger partial charge on any atom is -0.508 e. The highest BCUT2D eigenvalue weighted by Gasteiger charge is 2.15. The van der Waals surface area contributed by atoms with Gasteiger partial charge in [-0.2, -0.15) is 0 Å². The summed E-state index contributed by atoms with van der Waals surface area (Å²) >= 11 is 0. The Morgan fingerprint density at radius 1 is 1.14 bits per heavy atom. The normalized spacial score (nSPS) is 14.5. The van der Waals surface area contributed by atoms with Crippen molar-refractivity contribution in [2.45, 2.75) is 13.3 Å². The van der Waals surface area contributed by atoms with E-state index >= 15 is 0 Å². The van der Waals surface area contributed by atoms with Crippen molar-refractivity contribution in [3.05, 3.63) is 54.0 Å². The summed E-state index contributed by atoms with van der Waals surface area (Å²) in [4.78, 5) is 0. The molecule has 0 saturated carbocycles. The van der Waals surface area contributed by atoms with Gasteiger partial charge in [-0.15, -0.1) is 10.2 Å². The van der Waals surface area contributed by atoms with Gasteiger partial charge in [0.1, 0.15) is 11.5 Å². The molecule has 0 atom stereocenters. The Morgan fingerprint density at radius 3 is 2.81 bits per heavy atom. The van der Waals surface area contributed by atoms with Crippen LogP contribution in [0.5, 0.6) is 11.5 Å². The zero-order valence-corrected chi connectivity index (χ0v) is 11.4. The van der Waals surface area contributed by atoms with Crippen LogP contribution < -0.4 is 0 Å². The maximum atomic E-state index is 9.82. The van der Waals surface area contributed by atoms with Gasteiger partial charge in [-0.1, -0.05) is 23.8 Å². The summed E-state index contributed by atoms with van der Waals surface area (Å²) in [7, 11) is 0. The molecule has 3 rings (SSSR count). The van der Waals surface area contributed by atoms with Crippen LogP contribution in [0.2, 0.25) is 0 Å². The fourth-order valence-electron chi connectivity index (χ4n) is 2.08. The lowest BCUT2D eigenvalue weighted by atomic mass is 10.1. The van der Waals surface area contributed by atoms with Crippen molar-refractivity contribution in [3.63, 3.8) is 0 Å². The van der Waals surface area contributed by atoms with Crippen LogP contribution in [-0.4, -0.2) is 20.4 Å². The molecule has 1 aromatic carbocycles. The fourth-order valence-corrected chi connectivity index (χ4v) is 2.08. The number of nitrogens with zero attached hydrogens (tertiary/aromatic N) is 2. The first-order valence-electron chi connectivity index (χ1n) is 6.54. The number of rotatable bonds is 2. The summed E-state index contributed by atoms with van der Waals surface area (Å²) in [6.07, 6.45) is 8.76. The zero-order chi connectivity index (χ0) is 14.8. The van der Waals surface area contributed by atoms with Crippen LogP contribution in [0.4, 0.5) is 0 Å². The summed E-state index contributed by atoms with van der Waals surface area (Å²) in [5.41, 5.74) is 2.31. The second-order valence-corrected chi connectivity index (χ2v) is 4.86. The average Bonchev–Trinajstić information content (AvgIpc) is 2.84. The highest BCUT2D eigenvalue weighted by molar-refractivity contribution is 5.72. The first-order chi connectivity index (χ1) is 10.1. The molecular weight excluding hydrogens is 268 g/mol. The first kappa shape index (κ1) is 13.2. The van der Waals surface area contributed by atoms with Gasteiger partial charge in [-0.25, -0.2) is 0 Å². The number of aromatic hydroxyl groups is 2. The van der Waals surface area contributed by atoms with Crippen molar-refractivity contribution >= 4 is 5.57 Å². The standard InChI is InChI=1S/C16H14N2O3/c1-10-4-2-3-5-11(8-10)15-17-18-16(21-15)13-9-12(19)6-7-14(13)20/h2-3,5-9,19-20H,4H2,1H3. The molecule has 1 aliphatic carbocycles. The van der Waals surface area contributed by atoms with Crippen molar-refractivity contribution in [1.82, 2.24) is 10.2 Å². The van der Waals surface area contributed by atoms with Crippen molar-refractivity contribution < 1.29 is 14.6 Å². The van der Waals surface area contributed by atoms with E-state index in [0.29, 0.717) is 11.5 Å². The van der Waals surface area contributed by atoms with Crippen LogP contribution >= 0.6 is 0 Å². The van der Waals surface area contributed by atoms with Gasteiger partial charge in [0, 0.05) is 5.57 Å².